The smallest absolute Gasteiger partial charge is 0.191 e. The van der Waals surface area contributed by atoms with Crippen LogP contribution in [0.2, 0.25) is 5.02 Å². The van der Waals surface area contributed by atoms with Gasteiger partial charge in [-0.15, -0.1) is 0 Å². The lowest BCUT2D eigenvalue weighted by atomic mass is 10.1. The number of nitrogens with one attached hydrogen (secondary N) is 2. The summed E-state index contributed by atoms with van der Waals surface area (Å²) in [5, 5.41) is 7.49. The predicted octanol–water partition coefficient (Wildman–Crippen LogP) is 2.29. The Bertz CT molecular complexity index is 564. The topological polar surface area (TPSA) is 61.8 Å². The van der Waals surface area contributed by atoms with Crippen LogP contribution in [0, 0.1) is 0 Å². The summed E-state index contributed by atoms with van der Waals surface area (Å²) in [6.45, 7) is 9.32. The van der Waals surface area contributed by atoms with E-state index in [9.17, 15) is 0 Å². The standard InChI is InChI=1S/C17H28ClN5O/c1-5-19-16(21-12-17(2,3)24-4)22-13-8-10-23(11-13)15-14(18)7-6-9-20-15/h6-7,9,13H,5,8,10-12H2,1-4H3,(H2,19,21,22). The highest BCUT2D eigenvalue weighted by molar-refractivity contribution is 6.32. The lowest BCUT2D eigenvalue weighted by Gasteiger charge is -2.23. The molecule has 24 heavy (non-hydrogen) atoms. The first-order valence-corrected chi connectivity index (χ1v) is 8.78. The van der Waals surface area contributed by atoms with Crippen molar-refractivity contribution in [2.24, 2.45) is 4.99 Å². The molecule has 2 rings (SSSR count). The highest BCUT2D eigenvalue weighted by atomic mass is 35.5. The summed E-state index contributed by atoms with van der Waals surface area (Å²) in [4.78, 5) is 11.2. The Morgan fingerprint density at radius 2 is 2.33 bits per heavy atom. The first-order valence-electron chi connectivity index (χ1n) is 8.40. The van der Waals surface area contributed by atoms with Gasteiger partial charge in [0, 0.05) is 39.0 Å². The maximum absolute atomic E-state index is 6.25. The van der Waals surface area contributed by atoms with E-state index in [1.165, 1.54) is 0 Å². The fraction of sp³-hybridized carbons (Fsp3) is 0.647. The van der Waals surface area contributed by atoms with Gasteiger partial charge in [0.05, 0.1) is 17.2 Å². The Kier molecular flexibility index (Phi) is 6.69. The van der Waals surface area contributed by atoms with Crippen molar-refractivity contribution in [2.75, 3.05) is 38.2 Å². The minimum absolute atomic E-state index is 0.272. The molecule has 1 aliphatic heterocycles. The molecule has 1 fully saturated rings. The molecule has 0 spiro atoms. The molecule has 6 nitrogen and oxygen atoms in total. The van der Waals surface area contributed by atoms with Crippen LogP contribution in [0.15, 0.2) is 23.3 Å². The molecule has 0 amide bonds. The second-order valence-electron chi connectivity index (χ2n) is 6.54. The Morgan fingerprint density at radius 3 is 3.00 bits per heavy atom. The number of halogens is 1. The Balaban J connectivity index is 1.96. The number of hydrogen-bond donors (Lipinski definition) is 2. The zero-order chi connectivity index (χ0) is 17.6. The largest absolute Gasteiger partial charge is 0.377 e. The van der Waals surface area contributed by atoms with Crippen molar-refractivity contribution < 1.29 is 4.74 Å². The molecule has 1 atom stereocenters. The second-order valence-corrected chi connectivity index (χ2v) is 6.95. The van der Waals surface area contributed by atoms with Gasteiger partial charge in [0.15, 0.2) is 5.96 Å². The van der Waals surface area contributed by atoms with Crippen molar-refractivity contribution in [2.45, 2.75) is 38.8 Å². The predicted molar refractivity (Wildman–Crippen MR) is 100 cm³/mol. The van der Waals surface area contributed by atoms with E-state index in [2.05, 4.69) is 32.4 Å². The number of aliphatic imine (C=N–C) groups is 1. The van der Waals surface area contributed by atoms with E-state index in [-0.39, 0.29) is 5.60 Å². The number of rotatable bonds is 6. The molecule has 2 heterocycles. The Labute approximate surface area is 149 Å². The van der Waals surface area contributed by atoms with Gasteiger partial charge < -0.3 is 20.3 Å². The number of methoxy groups -OCH3 is 1. The molecular formula is C17H28ClN5O. The number of anilines is 1. The normalized spacial score (nSPS) is 18.8. The molecule has 1 aromatic rings. The lowest BCUT2D eigenvalue weighted by molar-refractivity contribution is 0.0310. The molecule has 1 saturated heterocycles. The molecule has 7 heteroatoms. The molecular weight excluding hydrogens is 326 g/mol. The van der Waals surface area contributed by atoms with Crippen LogP contribution in [-0.2, 0) is 4.74 Å². The molecule has 0 saturated carbocycles. The zero-order valence-electron chi connectivity index (χ0n) is 15.0. The molecule has 1 aromatic heterocycles. The number of guanidine groups is 1. The fourth-order valence-corrected chi connectivity index (χ4v) is 2.77. The molecule has 0 bridgehead atoms. The molecule has 2 N–H and O–H groups in total. The number of ether oxygens (including phenoxy) is 1. The number of nitrogens with zero attached hydrogens (tertiary/aromatic N) is 3. The van der Waals surface area contributed by atoms with Crippen LogP contribution in [-0.4, -0.2) is 55.9 Å². The van der Waals surface area contributed by atoms with Gasteiger partial charge in [0.2, 0.25) is 0 Å². The van der Waals surface area contributed by atoms with Crippen LogP contribution < -0.4 is 15.5 Å². The third kappa shape index (κ3) is 5.24. The summed E-state index contributed by atoms with van der Waals surface area (Å²) in [6, 6.07) is 4.04. The van der Waals surface area contributed by atoms with Crippen LogP contribution in [0.4, 0.5) is 5.82 Å². The van der Waals surface area contributed by atoms with Crippen molar-refractivity contribution in [3.05, 3.63) is 23.4 Å². The summed E-state index contributed by atoms with van der Waals surface area (Å²) < 4.78 is 5.43. The summed E-state index contributed by atoms with van der Waals surface area (Å²) in [6.07, 6.45) is 2.80. The van der Waals surface area contributed by atoms with Crippen molar-refractivity contribution in [3.8, 4) is 0 Å². The molecule has 1 aliphatic rings. The van der Waals surface area contributed by atoms with Gasteiger partial charge in [-0.05, 0) is 39.3 Å². The Morgan fingerprint density at radius 1 is 1.54 bits per heavy atom. The molecule has 0 aliphatic carbocycles. The third-order valence-electron chi connectivity index (χ3n) is 4.08. The first-order chi connectivity index (χ1) is 11.4. The van der Waals surface area contributed by atoms with Gasteiger partial charge in [-0.25, -0.2) is 4.98 Å². The quantitative estimate of drug-likeness (QED) is 0.607. The van der Waals surface area contributed by atoms with Crippen molar-refractivity contribution >= 4 is 23.4 Å². The monoisotopic (exact) mass is 353 g/mol. The van der Waals surface area contributed by atoms with Crippen LogP contribution >= 0.6 is 11.6 Å². The third-order valence-corrected chi connectivity index (χ3v) is 4.38. The van der Waals surface area contributed by atoms with E-state index in [4.69, 9.17) is 16.3 Å². The summed E-state index contributed by atoms with van der Waals surface area (Å²) in [5.74, 6) is 1.67. The van der Waals surface area contributed by atoms with Crippen LogP contribution in [0.1, 0.15) is 27.2 Å². The minimum atomic E-state index is -0.272. The van der Waals surface area contributed by atoms with Crippen LogP contribution in [0.5, 0.6) is 0 Å². The number of pyridine rings is 1. The van der Waals surface area contributed by atoms with Gasteiger partial charge in [-0.1, -0.05) is 11.6 Å². The van der Waals surface area contributed by atoms with Crippen molar-refractivity contribution in [1.29, 1.82) is 0 Å². The van der Waals surface area contributed by atoms with Gasteiger partial charge in [0.1, 0.15) is 5.82 Å². The number of aromatic nitrogens is 1. The van der Waals surface area contributed by atoms with E-state index >= 15 is 0 Å². The molecule has 0 radical (unpaired) electrons. The minimum Gasteiger partial charge on any atom is -0.377 e. The summed E-state index contributed by atoms with van der Waals surface area (Å²) in [7, 11) is 1.71. The average Bonchev–Trinajstić information content (AvgIpc) is 3.02. The SMILES string of the molecule is CCNC(=NCC(C)(C)OC)NC1CCN(c2ncccc2Cl)C1. The van der Waals surface area contributed by atoms with E-state index in [1.807, 2.05) is 26.0 Å². The molecule has 134 valence electrons. The summed E-state index contributed by atoms with van der Waals surface area (Å²) >= 11 is 6.25. The maximum atomic E-state index is 6.25. The average molecular weight is 354 g/mol. The number of hydrogen-bond acceptors (Lipinski definition) is 4. The highest BCUT2D eigenvalue weighted by Crippen LogP contribution is 2.25. The van der Waals surface area contributed by atoms with E-state index in [0.717, 1.165) is 37.8 Å². The molecule has 1 unspecified atom stereocenters. The Hall–Kier alpha value is -1.53. The van der Waals surface area contributed by atoms with Gasteiger partial charge in [-0.3, -0.25) is 4.99 Å². The lowest BCUT2D eigenvalue weighted by Crippen LogP contribution is -2.45. The zero-order valence-corrected chi connectivity index (χ0v) is 15.7. The van der Waals surface area contributed by atoms with Crippen LogP contribution in [0.25, 0.3) is 0 Å². The summed E-state index contributed by atoms with van der Waals surface area (Å²) in [5.41, 5.74) is -0.272. The maximum Gasteiger partial charge on any atom is 0.191 e. The van der Waals surface area contributed by atoms with Crippen molar-refractivity contribution in [1.82, 2.24) is 15.6 Å². The van der Waals surface area contributed by atoms with Gasteiger partial charge in [0.25, 0.3) is 0 Å². The van der Waals surface area contributed by atoms with E-state index in [0.29, 0.717) is 17.6 Å². The van der Waals surface area contributed by atoms with E-state index < -0.39 is 0 Å². The fourth-order valence-electron chi connectivity index (χ4n) is 2.53. The van der Waals surface area contributed by atoms with Gasteiger partial charge in [-0.2, -0.15) is 0 Å². The van der Waals surface area contributed by atoms with Crippen LogP contribution in [0.3, 0.4) is 0 Å². The van der Waals surface area contributed by atoms with E-state index in [1.54, 1.807) is 13.3 Å². The highest BCUT2D eigenvalue weighted by Gasteiger charge is 2.25. The second kappa shape index (κ2) is 8.53. The molecule has 0 aromatic carbocycles. The van der Waals surface area contributed by atoms with Gasteiger partial charge >= 0.3 is 0 Å². The van der Waals surface area contributed by atoms with Crippen molar-refractivity contribution in [3.63, 3.8) is 0 Å². The first kappa shape index (κ1) is 18.8.